The highest BCUT2D eigenvalue weighted by atomic mass is 16.6. The lowest BCUT2D eigenvalue weighted by Crippen LogP contribution is -2.56. The topological polar surface area (TPSA) is 32.8 Å². The van der Waals surface area contributed by atoms with Crippen molar-refractivity contribution in [3.05, 3.63) is 11.6 Å². The van der Waals surface area contributed by atoms with Crippen LogP contribution in [0.2, 0.25) is 0 Å². The summed E-state index contributed by atoms with van der Waals surface area (Å²) in [6.07, 6.45) is 15.4. The molecule has 29 heavy (non-hydrogen) atoms. The van der Waals surface area contributed by atoms with Crippen LogP contribution in [-0.2, 0) is 4.74 Å². The lowest BCUT2D eigenvalue weighted by atomic mass is 9.46. The van der Waals surface area contributed by atoms with E-state index in [4.69, 9.17) is 4.74 Å². The molecule has 5 rings (SSSR count). The molecule has 9 atom stereocenters. The van der Waals surface area contributed by atoms with E-state index in [0.717, 1.165) is 42.9 Å². The van der Waals surface area contributed by atoms with Gasteiger partial charge in [-0.15, -0.1) is 0 Å². The first kappa shape index (κ1) is 20.6. The van der Waals surface area contributed by atoms with Crippen molar-refractivity contribution in [2.75, 3.05) is 0 Å². The van der Waals surface area contributed by atoms with Gasteiger partial charge in [-0.1, -0.05) is 65.5 Å². The number of aliphatic hydroxyl groups excluding tert-OH is 1. The molecular weight excluding hydrogens is 356 g/mol. The van der Waals surface area contributed by atoms with Crippen LogP contribution in [0.5, 0.6) is 0 Å². The second kappa shape index (κ2) is 6.83. The molecule has 0 amide bonds. The highest BCUT2D eigenvalue weighted by Gasteiger charge is 2.76. The van der Waals surface area contributed by atoms with Gasteiger partial charge in [-0.2, -0.15) is 0 Å². The number of ether oxygens (including phenoxy) is 1. The van der Waals surface area contributed by atoms with Crippen molar-refractivity contribution < 1.29 is 9.84 Å². The molecule has 0 radical (unpaired) electrons. The van der Waals surface area contributed by atoms with Gasteiger partial charge in [-0.05, 0) is 79.4 Å². The summed E-state index contributed by atoms with van der Waals surface area (Å²) in [6.45, 7) is 12.4. The summed E-state index contributed by atoms with van der Waals surface area (Å²) < 4.78 is 6.72. The molecule has 2 nitrogen and oxygen atoms in total. The van der Waals surface area contributed by atoms with Gasteiger partial charge in [0.1, 0.15) is 11.7 Å². The molecule has 0 aromatic heterocycles. The Hall–Kier alpha value is -0.340. The van der Waals surface area contributed by atoms with Gasteiger partial charge in [0.15, 0.2) is 0 Å². The lowest BCUT2D eigenvalue weighted by molar-refractivity contribution is -0.0694. The number of hydrogen-bond acceptors (Lipinski definition) is 2. The standard InChI is InChI=1S/C27H44O2/c1-17(2)7-6-8-18(3)21-9-10-22-26(21,5)14-12-23-25(4)13-11-20(28)15-19(25)16-24-27(22,23)29-24/h16-18,20-24,28H,6-15H2,1-5H3/t18-,20+,21-,22-,23-,24?,25+,26-,27-/m1/s1. The first-order chi connectivity index (χ1) is 13.7. The van der Waals surface area contributed by atoms with Crippen LogP contribution in [0.25, 0.3) is 0 Å². The third-order valence-electron chi connectivity index (χ3n) is 10.6. The Kier molecular flexibility index (Phi) is 4.84. The summed E-state index contributed by atoms with van der Waals surface area (Å²) in [5.74, 6) is 4.00. The number of epoxide rings is 1. The van der Waals surface area contributed by atoms with Gasteiger partial charge in [0.2, 0.25) is 0 Å². The molecule has 1 spiro atoms. The fourth-order valence-electron chi connectivity index (χ4n) is 9.05. The fourth-order valence-corrected chi connectivity index (χ4v) is 9.05. The Morgan fingerprint density at radius 3 is 2.59 bits per heavy atom. The molecule has 0 aromatic carbocycles. The highest BCUT2D eigenvalue weighted by molar-refractivity contribution is 5.38. The average Bonchev–Trinajstić information content (AvgIpc) is 3.22. The van der Waals surface area contributed by atoms with Crippen molar-refractivity contribution in [1.29, 1.82) is 0 Å². The molecule has 0 aromatic rings. The van der Waals surface area contributed by atoms with E-state index in [1.165, 1.54) is 50.5 Å². The second-order valence-corrected chi connectivity index (χ2v) is 12.5. The Morgan fingerprint density at radius 1 is 1.03 bits per heavy atom. The zero-order chi connectivity index (χ0) is 20.6. The lowest BCUT2D eigenvalue weighted by Gasteiger charge is -2.57. The molecule has 2 heteroatoms. The molecule has 1 unspecified atom stereocenters. The summed E-state index contributed by atoms with van der Waals surface area (Å²) in [6, 6.07) is 0. The molecule has 5 aliphatic rings. The average molecular weight is 401 g/mol. The number of hydrogen-bond donors (Lipinski definition) is 1. The van der Waals surface area contributed by atoms with E-state index < -0.39 is 0 Å². The molecule has 0 bridgehead atoms. The maximum absolute atomic E-state index is 10.3. The zero-order valence-corrected chi connectivity index (χ0v) is 19.5. The predicted octanol–water partition coefficient (Wildman–Crippen LogP) is 6.52. The van der Waals surface area contributed by atoms with E-state index in [1.54, 1.807) is 0 Å². The minimum absolute atomic E-state index is 0.128. The first-order valence-electron chi connectivity index (χ1n) is 12.8. The third kappa shape index (κ3) is 2.87. The van der Waals surface area contributed by atoms with Gasteiger partial charge in [0.25, 0.3) is 0 Å². The summed E-state index contributed by atoms with van der Waals surface area (Å²) in [5.41, 5.74) is 2.41. The van der Waals surface area contributed by atoms with Crippen molar-refractivity contribution in [2.24, 2.45) is 40.4 Å². The van der Waals surface area contributed by atoms with Crippen molar-refractivity contribution in [3.8, 4) is 0 Å². The molecule has 4 fully saturated rings. The largest absolute Gasteiger partial charge is 0.393 e. The van der Waals surface area contributed by atoms with Gasteiger partial charge < -0.3 is 9.84 Å². The van der Waals surface area contributed by atoms with Gasteiger partial charge in [-0.3, -0.25) is 0 Å². The van der Waals surface area contributed by atoms with Crippen LogP contribution in [0, 0.1) is 40.4 Å². The molecule has 4 aliphatic carbocycles. The van der Waals surface area contributed by atoms with Crippen molar-refractivity contribution in [3.63, 3.8) is 0 Å². The second-order valence-electron chi connectivity index (χ2n) is 12.5. The zero-order valence-electron chi connectivity index (χ0n) is 19.5. The minimum atomic E-state index is -0.128. The monoisotopic (exact) mass is 400 g/mol. The third-order valence-corrected chi connectivity index (χ3v) is 10.6. The van der Waals surface area contributed by atoms with Gasteiger partial charge in [0, 0.05) is 5.92 Å². The van der Waals surface area contributed by atoms with E-state index in [9.17, 15) is 5.11 Å². The molecule has 1 aliphatic heterocycles. The number of fused-ring (bicyclic) bond motifs is 3. The Morgan fingerprint density at radius 2 is 1.83 bits per heavy atom. The quantitative estimate of drug-likeness (QED) is 0.421. The molecule has 164 valence electrons. The molecule has 1 heterocycles. The van der Waals surface area contributed by atoms with Crippen LogP contribution in [0.4, 0.5) is 0 Å². The summed E-state index contributed by atoms with van der Waals surface area (Å²) in [7, 11) is 0. The van der Waals surface area contributed by atoms with Gasteiger partial charge >= 0.3 is 0 Å². The van der Waals surface area contributed by atoms with Gasteiger partial charge in [0.05, 0.1) is 6.10 Å². The van der Waals surface area contributed by atoms with Crippen LogP contribution in [0.15, 0.2) is 11.6 Å². The Balaban J connectivity index is 1.38. The smallest absolute Gasteiger partial charge is 0.106 e. The SMILES string of the molecule is CC(C)CCC[C@@H](C)[C@H]1CC[C@@H]2[C@]1(C)CC[C@H]1[C@]23OC3C=C2C[C@@H](O)CC[C@@]21C. The van der Waals surface area contributed by atoms with E-state index in [0.29, 0.717) is 17.4 Å². The minimum Gasteiger partial charge on any atom is -0.393 e. The van der Waals surface area contributed by atoms with E-state index in [-0.39, 0.29) is 17.1 Å². The van der Waals surface area contributed by atoms with Crippen LogP contribution in [0.1, 0.15) is 98.8 Å². The van der Waals surface area contributed by atoms with Crippen LogP contribution < -0.4 is 0 Å². The van der Waals surface area contributed by atoms with E-state index in [2.05, 4.69) is 40.7 Å². The van der Waals surface area contributed by atoms with E-state index in [1.807, 2.05) is 0 Å². The number of aliphatic hydroxyl groups is 1. The summed E-state index contributed by atoms with van der Waals surface area (Å²) >= 11 is 0. The predicted molar refractivity (Wildman–Crippen MR) is 119 cm³/mol. The van der Waals surface area contributed by atoms with Gasteiger partial charge in [-0.25, -0.2) is 0 Å². The maximum atomic E-state index is 10.3. The Bertz CT molecular complexity index is 682. The molecular formula is C27H44O2. The molecule has 1 saturated heterocycles. The van der Waals surface area contributed by atoms with Crippen molar-refractivity contribution >= 4 is 0 Å². The normalized spacial score (nSPS) is 51.6. The van der Waals surface area contributed by atoms with Crippen LogP contribution >= 0.6 is 0 Å². The van der Waals surface area contributed by atoms with E-state index >= 15 is 0 Å². The van der Waals surface area contributed by atoms with Crippen LogP contribution in [-0.4, -0.2) is 22.9 Å². The summed E-state index contributed by atoms with van der Waals surface area (Å²) in [4.78, 5) is 0. The number of rotatable bonds is 5. The Labute approximate surface area is 178 Å². The molecule has 3 saturated carbocycles. The molecule has 1 N–H and O–H groups in total. The van der Waals surface area contributed by atoms with Crippen molar-refractivity contribution in [1.82, 2.24) is 0 Å². The van der Waals surface area contributed by atoms with Crippen molar-refractivity contribution in [2.45, 2.75) is 117 Å². The highest BCUT2D eigenvalue weighted by Crippen LogP contribution is 2.74. The first-order valence-corrected chi connectivity index (χ1v) is 12.8. The maximum Gasteiger partial charge on any atom is 0.106 e. The summed E-state index contributed by atoms with van der Waals surface area (Å²) in [5, 5.41) is 10.3. The van der Waals surface area contributed by atoms with Crippen LogP contribution in [0.3, 0.4) is 0 Å². The fraction of sp³-hybridized carbons (Fsp3) is 0.926.